The number of rotatable bonds is 2. The lowest BCUT2D eigenvalue weighted by Gasteiger charge is -2.11. The lowest BCUT2D eigenvalue weighted by molar-refractivity contribution is 0.401. The maximum atomic E-state index is 11.8. The third kappa shape index (κ3) is 3.53. The minimum absolute atomic E-state index is 0.351. The van der Waals surface area contributed by atoms with Crippen molar-refractivity contribution < 1.29 is 9.30 Å². The van der Waals surface area contributed by atoms with E-state index in [2.05, 4.69) is 4.98 Å². The molecule has 0 amide bonds. The quantitative estimate of drug-likeness (QED) is 0.810. The minimum atomic E-state index is -2.35. The van der Waals surface area contributed by atoms with E-state index in [4.69, 9.17) is 10.5 Å². The zero-order valence-corrected chi connectivity index (χ0v) is 11.8. The van der Waals surface area contributed by atoms with E-state index < -0.39 is 7.14 Å². The van der Waals surface area contributed by atoms with Crippen molar-refractivity contribution in [1.29, 1.82) is 0 Å². The summed E-state index contributed by atoms with van der Waals surface area (Å²) in [7, 11) is -0.853. The van der Waals surface area contributed by atoms with Gasteiger partial charge in [-0.1, -0.05) is 13.8 Å². The SMILES string of the molecule is CC.COc1nc(P(C)(C)=O)cc(C)c1N. The molecule has 16 heavy (non-hydrogen) atoms. The van der Waals surface area contributed by atoms with Crippen LogP contribution in [0.4, 0.5) is 5.69 Å². The molecule has 2 N–H and O–H groups in total. The molecule has 0 radical (unpaired) electrons. The number of anilines is 1. The van der Waals surface area contributed by atoms with Gasteiger partial charge in [-0.15, -0.1) is 0 Å². The van der Waals surface area contributed by atoms with Gasteiger partial charge in [-0.2, -0.15) is 0 Å². The van der Waals surface area contributed by atoms with E-state index in [9.17, 15) is 4.57 Å². The summed E-state index contributed by atoms with van der Waals surface area (Å²) in [6.07, 6.45) is 0. The first-order chi connectivity index (χ1) is 7.36. The number of ether oxygens (including phenoxy) is 1. The maximum Gasteiger partial charge on any atom is 0.237 e. The standard InChI is InChI=1S/C9H15N2O2P.C2H6/c1-6-5-7(14(3,4)12)11-9(13-2)8(6)10;1-2/h5H,10H2,1-4H3;1-2H3. The lowest BCUT2D eigenvalue weighted by atomic mass is 10.2. The van der Waals surface area contributed by atoms with Crippen LogP contribution in [0.15, 0.2) is 6.07 Å². The van der Waals surface area contributed by atoms with Crippen molar-refractivity contribution in [3.05, 3.63) is 11.6 Å². The first kappa shape index (κ1) is 15.0. The molecular weight excluding hydrogens is 223 g/mol. The number of nitrogen functional groups attached to an aromatic ring is 1. The highest BCUT2D eigenvalue weighted by Crippen LogP contribution is 2.35. The fourth-order valence-electron chi connectivity index (χ4n) is 1.07. The van der Waals surface area contributed by atoms with Crippen LogP contribution in [0.25, 0.3) is 0 Å². The highest BCUT2D eigenvalue weighted by molar-refractivity contribution is 7.69. The molecule has 92 valence electrons. The Morgan fingerprint density at radius 1 is 1.38 bits per heavy atom. The molecule has 0 fully saturated rings. The third-order valence-corrected chi connectivity index (χ3v) is 3.29. The molecule has 0 spiro atoms. The first-order valence-corrected chi connectivity index (χ1v) is 7.83. The Labute approximate surface area is 97.6 Å². The summed E-state index contributed by atoms with van der Waals surface area (Å²) in [5.41, 5.74) is 7.63. The van der Waals surface area contributed by atoms with E-state index in [1.54, 1.807) is 19.4 Å². The fraction of sp³-hybridized carbons (Fsp3) is 0.545. The van der Waals surface area contributed by atoms with Crippen molar-refractivity contribution in [2.75, 3.05) is 26.2 Å². The zero-order chi connectivity index (χ0) is 12.9. The summed E-state index contributed by atoms with van der Waals surface area (Å²) in [6.45, 7) is 9.19. The number of pyridine rings is 1. The number of methoxy groups -OCH3 is 1. The van der Waals surface area contributed by atoms with Gasteiger partial charge in [0, 0.05) is 0 Å². The van der Waals surface area contributed by atoms with Gasteiger partial charge in [-0.25, -0.2) is 4.98 Å². The second kappa shape index (κ2) is 5.90. The molecule has 4 nitrogen and oxygen atoms in total. The monoisotopic (exact) mass is 244 g/mol. The van der Waals surface area contributed by atoms with Crippen LogP contribution in [-0.4, -0.2) is 25.4 Å². The number of hydrogen-bond acceptors (Lipinski definition) is 4. The topological polar surface area (TPSA) is 65.2 Å². The van der Waals surface area contributed by atoms with E-state index in [1.165, 1.54) is 7.11 Å². The Kier molecular flexibility index (Phi) is 5.52. The van der Waals surface area contributed by atoms with Crippen molar-refractivity contribution in [3.8, 4) is 5.88 Å². The Balaban J connectivity index is 0.00000106. The number of aryl methyl sites for hydroxylation is 1. The number of hydrogen-bond donors (Lipinski definition) is 1. The average molecular weight is 244 g/mol. The highest BCUT2D eigenvalue weighted by Gasteiger charge is 2.16. The summed E-state index contributed by atoms with van der Waals surface area (Å²) < 4.78 is 16.8. The Hall–Kier alpha value is -1.02. The molecule has 1 rings (SSSR count). The third-order valence-electron chi connectivity index (χ3n) is 1.96. The van der Waals surface area contributed by atoms with Gasteiger partial charge in [0.25, 0.3) is 0 Å². The van der Waals surface area contributed by atoms with Crippen LogP contribution in [0.1, 0.15) is 19.4 Å². The van der Waals surface area contributed by atoms with E-state index >= 15 is 0 Å². The van der Waals surface area contributed by atoms with Crippen LogP contribution in [0.2, 0.25) is 0 Å². The van der Waals surface area contributed by atoms with Crippen LogP contribution in [0, 0.1) is 6.92 Å². The fourth-order valence-corrected chi connectivity index (χ4v) is 1.90. The second-order valence-electron chi connectivity index (χ2n) is 3.57. The summed E-state index contributed by atoms with van der Waals surface area (Å²) in [5.74, 6) is 0.351. The summed E-state index contributed by atoms with van der Waals surface area (Å²) in [4.78, 5) is 4.11. The van der Waals surface area contributed by atoms with E-state index in [0.717, 1.165) is 5.56 Å². The highest BCUT2D eigenvalue weighted by atomic mass is 31.2. The van der Waals surface area contributed by atoms with Gasteiger partial charge in [-0.3, -0.25) is 0 Å². The predicted octanol–water partition coefficient (Wildman–Crippen LogP) is 2.26. The average Bonchev–Trinajstić information content (AvgIpc) is 2.23. The van der Waals surface area contributed by atoms with Crippen LogP contribution in [0.5, 0.6) is 5.88 Å². The van der Waals surface area contributed by atoms with Crippen LogP contribution in [-0.2, 0) is 4.57 Å². The smallest absolute Gasteiger partial charge is 0.237 e. The molecule has 1 aromatic rings. The molecule has 1 heterocycles. The van der Waals surface area contributed by atoms with Crippen molar-refractivity contribution in [3.63, 3.8) is 0 Å². The van der Waals surface area contributed by atoms with Gasteiger partial charge in [0.2, 0.25) is 5.88 Å². The Morgan fingerprint density at radius 2 is 1.88 bits per heavy atom. The Bertz CT molecular complexity index is 399. The van der Waals surface area contributed by atoms with Crippen LogP contribution >= 0.6 is 7.14 Å². The summed E-state index contributed by atoms with van der Waals surface area (Å²) in [6, 6.07) is 1.75. The molecule has 1 aromatic heterocycles. The van der Waals surface area contributed by atoms with E-state index in [-0.39, 0.29) is 0 Å². The second-order valence-corrected chi connectivity index (χ2v) is 6.73. The van der Waals surface area contributed by atoms with Gasteiger partial charge in [0.15, 0.2) is 0 Å². The van der Waals surface area contributed by atoms with Gasteiger partial charge >= 0.3 is 0 Å². The number of aromatic nitrogens is 1. The lowest BCUT2D eigenvalue weighted by Crippen LogP contribution is -2.12. The van der Waals surface area contributed by atoms with Gasteiger partial charge in [-0.05, 0) is 31.9 Å². The van der Waals surface area contributed by atoms with Gasteiger partial charge in [0.1, 0.15) is 12.6 Å². The molecule has 0 aliphatic rings. The molecule has 0 bridgehead atoms. The normalized spacial score (nSPS) is 10.4. The number of nitrogens with zero attached hydrogens (tertiary/aromatic N) is 1. The van der Waals surface area contributed by atoms with E-state index in [0.29, 0.717) is 17.0 Å². The zero-order valence-electron chi connectivity index (χ0n) is 10.9. The largest absolute Gasteiger partial charge is 0.480 e. The molecule has 0 aliphatic carbocycles. The first-order valence-electron chi connectivity index (χ1n) is 5.23. The minimum Gasteiger partial charge on any atom is -0.480 e. The molecule has 0 saturated heterocycles. The molecule has 0 unspecified atom stereocenters. The van der Waals surface area contributed by atoms with Crippen molar-refractivity contribution in [2.24, 2.45) is 0 Å². The molecule has 0 atom stereocenters. The van der Waals surface area contributed by atoms with Crippen LogP contribution < -0.4 is 15.9 Å². The molecule has 5 heteroatoms. The van der Waals surface area contributed by atoms with Gasteiger partial charge < -0.3 is 15.0 Å². The molecule has 0 aromatic carbocycles. The molecule has 0 saturated carbocycles. The van der Waals surface area contributed by atoms with E-state index in [1.807, 2.05) is 20.8 Å². The molecular formula is C11H21N2O2P. The van der Waals surface area contributed by atoms with Crippen molar-refractivity contribution in [1.82, 2.24) is 4.98 Å². The Morgan fingerprint density at radius 3 is 2.25 bits per heavy atom. The van der Waals surface area contributed by atoms with Crippen molar-refractivity contribution in [2.45, 2.75) is 20.8 Å². The number of nitrogens with two attached hydrogens (primary N) is 1. The van der Waals surface area contributed by atoms with Gasteiger partial charge in [0.05, 0.1) is 12.8 Å². The maximum absolute atomic E-state index is 11.8. The summed E-state index contributed by atoms with van der Waals surface area (Å²) in [5, 5.41) is 0. The van der Waals surface area contributed by atoms with Crippen molar-refractivity contribution >= 4 is 18.3 Å². The predicted molar refractivity (Wildman–Crippen MR) is 70.4 cm³/mol. The summed E-state index contributed by atoms with van der Waals surface area (Å²) >= 11 is 0. The molecule has 0 aliphatic heterocycles. The van der Waals surface area contributed by atoms with Crippen LogP contribution in [0.3, 0.4) is 0 Å².